The molecule has 0 aliphatic rings. The molecular formula is C20H30N2O5. The summed E-state index contributed by atoms with van der Waals surface area (Å²) in [5, 5.41) is 15.2. The highest BCUT2D eigenvalue weighted by Crippen LogP contribution is 2.22. The predicted octanol–water partition coefficient (Wildman–Crippen LogP) is 1.76. The molecule has 1 amide bonds. The van der Waals surface area contributed by atoms with Gasteiger partial charge in [-0.15, -0.1) is 0 Å². The van der Waals surface area contributed by atoms with Crippen molar-refractivity contribution >= 4 is 17.8 Å². The largest absolute Gasteiger partial charge is 0.481 e. The van der Waals surface area contributed by atoms with Gasteiger partial charge >= 0.3 is 11.9 Å². The second-order valence-corrected chi connectivity index (χ2v) is 7.04. The third kappa shape index (κ3) is 6.67. The van der Waals surface area contributed by atoms with Gasteiger partial charge in [-0.3, -0.25) is 9.59 Å². The molecule has 1 aromatic rings. The number of unbranched alkanes of at least 4 members (excludes halogenated alkanes) is 1. The molecule has 0 radical (unpaired) electrons. The van der Waals surface area contributed by atoms with Gasteiger partial charge in [0.25, 0.3) is 0 Å². The number of rotatable bonds is 11. The van der Waals surface area contributed by atoms with Crippen LogP contribution in [0.5, 0.6) is 0 Å². The molecular weight excluding hydrogens is 348 g/mol. The maximum absolute atomic E-state index is 12.9. The van der Waals surface area contributed by atoms with Crippen LogP contribution in [0, 0.1) is 5.41 Å². The van der Waals surface area contributed by atoms with Gasteiger partial charge in [0, 0.05) is 6.42 Å². The lowest BCUT2D eigenvalue weighted by atomic mass is 9.83. The topological polar surface area (TPSA) is 105 Å². The molecule has 7 nitrogen and oxygen atoms in total. The summed E-state index contributed by atoms with van der Waals surface area (Å²) in [7, 11) is 1.25. The lowest BCUT2D eigenvalue weighted by molar-refractivity contribution is -0.152. The maximum Gasteiger partial charge on any atom is 0.328 e. The molecule has 3 N–H and O–H groups in total. The van der Waals surface area contributed by atoms with Gasteiger partial charge in [0.05, 0.1) is 12.5 Å². The molecule has 150 valence electrons. The van der Waals surface area contributed by atoms with Crippen molar-refractivity contribution in [2.75, 3.05) is 13.7 Å². The van der Waals surface area contributed by atoms with Crippen LogP contribution in [-0.4, -0.2) is 48.7 Å². The number of nitrogens with one attached hydrogen (secondary N) is 2. The molecule has 0 spiro atoms. The molecule has 27 heavy (non-hydrogen) atoms. The van der Waals surface area contributed by atoms with Crippen LogP contribution in [0.25, 0.3) is 0 Å². The van der Waals surface area contributed by atoms with Crippen LogP contribution in [0.1, 0.15) is 39.2 Å². The number of carboxylic acids is 1. The Bertz CT molecular complexity index is 631. The van der Waals surface area contributed by atoms with Crippen LogP contribution in [0.4, 0.5) is 0 Å². The summed E-state index contributed by atoms with van der Waals surface area (Å²) in [6, 6.07) is 7.36. The van der Waals surface area contributed by atoms with Crippen molar-refractivity contribution in [1.29, 1.82) is 0 Å². The number of amides is 1. The normalized spacial score (nSPS) is 13.5. The first-order valence-corrected chi connectivity index (χ1v) is 9.12. The van der Waals surface area contributed by atoms with E-state index in [4.69, 9.17) is 4.74 Å². The summed E-state index contributed by atoms with van der Waals surface area (Å²) in [6.07, 6.45) is 1.98. The molecule has 2 atom stereocenters. The van der Waals surface area contributed by atoms with E-state index < -0.39 is 35.3 Å². The number of carbonyl (C=O) groups excluding carboxylic acids is 2. The summed E-state index contributed by atoms with van der Waals surface area (Å²) in [5.41, 5.74) is -0.480. The minimum atomic E-state index is -1.34. The van der Waals surface area contributed by atoms with Crippen LogP contribution in [0.2, 0.25) is 0 Å². The summed E-state index contributed by atoms with van der Waals surface area (Å²) in [4.78, 5) is 36.7. The number of esters is 1. The van der Waals surface area contributed by atoms with E-state index in [1.165, 1.54) is 21.0 Å². The molecule has 0 bridgehead atoms. The number of hydrogen-bond acceptors (Lipinski definition) is 5. The van der Waals surface area contributed by atoms with Crippen LogP contribution < -0.4 is 10.6 Å². The Morgan fingerprint density at radius 2 is 1.81 bits per heavy atom. The number of aliphatic carboxylic acids is 1. The Morgan fingerprint density at radius 1 is 1.19 bits per heavy atom. The van der Waals surface area contributed by atoms with E-state index in [0.717, 1.165) is 18.4 Å². The predicted molar refractivity (Wildman–Crippen MR) is 102 cm³/mol. The Labute approximate surface area is 160 Å². The third-order valence-corrected chi connectivity index (χ3v) is 4.50. The number of hydrogen-bond donors (Lipinski definition) is 3. The second kappa shape index (κ2) is 10.7. The number of carboxylic acid groups (broad SMARTS) is 1. The van der Waals surface area contributed by atoms with E-state index in [-0.39, 0.29) is 6.42 Å². The summed E-state index contributed by atoms with van der Waals surface area (Å²) in [5.74, 6) is -2.21. The van der Waals surface area contributed by atoms with E-state index in [0.29, 0.717) is 6.54 Å². The maximum atomic E-state index is 12.9. The summed E-state index contributed by atoms with van der Waals surface area (Å²) < 4.78 is 4.81. The Morgan fingerprint density at radius 3 is 2.33 bits per heavy atom. The standard InChI is InChI=1S/C20H30N2O5/c1-5-6-12-21-16(20(2,3)19(25)26)17(23)22-15(18(24)27-4)13-14-10-8-7-9-11-14/h7-11,15-16,21H,5-6,12-13H2,1-4H3,(H,22,23)(H,25,26)/t15-,16+/m0/s1. The molecule has 0 unspecified atom stereocenters. The summed E-state index contributed by atoms with van der Waals surface area (Å²) >= 11 is 0. The molecule has 0 aliphatic heterocycles. The highest BCUT2D eigenvalue weighted by molar-refractivity contribution is 5.92. The fourth-order valence-corrected chi connectivity index (χ4v) is 2.66. The molecule has 0 saturated carbocycles. The number of benzene rings is 1. The van der Waals surface area contributed by atoms with Crippen molar-refractivity contribution in [3.05, 3.63) is 35.9 Å². The van der Waals surface area contributed by atoms with Crippen molar-refractivity contribution in [2.24, 2.45) is 5.41 Å². The van der Waals surface area contributed by atoms with Crippen molar-refractivity contribution in [1.82, 2.24) is 10.6 Å². The van der Waals surface area contributed by atoms with Crippen LogP contribution in [0.3, 0.4) is 0 Å². The van der Waals surface area contributed by atoms with E-state index in [2.05, 4.69) is 10.6 Å². The number of carbonyl (C=O) groups is 3. The highest BCUT2D eigenvalue weighted by atomic mass is 16.5. The lowest BCUT2D eigenvalue weighted by Crippen LogP contribution is -2.58. The Kier molecular flexibility index (Phi) is 8.94. The van der Waals surface area contributed by atoms with E-state index in [1.54, 1.807) is 0 Å². The van der Waals surface area contributed by atoms with Crippen LogP contribution >= 0.6 is 0 Å². The van der Waals surface area contributed by atoms with E-state index in [9.17, 15) is 19.5 Å². The first-order valence-electron chi connectivity index (χ1n) is 9.12. The minimum absolute atomic E-state index is 0.258. The Balaban J connectivity index is 2.98. The van der Waals surface area contributed by atoms with Gasteiger partial charge in [-0.1, -0.05) is 43.7 Å². The zero-order valence-electron chi connectivity index (χ0n) is 16.5. The van der Waals surface area contributed by atoms with Gasteiger partial charge < -0.3 is 20.5 Å². The zero-order chi connectivity index (χ0) is 20.4. The fraction of sp³-hybridized carbons (Fsp3) is 0.550. The SMILES string of the molecule is CCCCN[C@H](C(=O)N[C@@H](Cc1ccccc1)C(=O)OC)C(C)(C)C(=O)O. The average molecular weight is 378 g/mol. The molecule has 1 aromatic carbocycles. The zero-order valence-corrected chi connectivity index (χ0v) is 16.5. The number of ether oxygens (including phenoxy) is 1. The fourth-order valence-electron chi connectivity index (χ4n) is 2.66. The number of methoxy groups -OCH3 is 1. The lowest BCUT2D eigenvalue weighted by Gasteiger charge is -2.31. The highest BCUT2D eigenvalue weighted by Gasteiger charge is 2.42. The average Bonchev–Trinajstić information content (AvgIpc) is 2.64. The van der Waals surface area contributed by atoms with Crippen LogP contribution in [0.15, 0.2) is 30.3 Å². The third-order valence-electron chi connectivity index (χ3n) is 4.50. The van der Waals surface area contributed by atoms with E-state index >= 15 is 0 Å². The smallest absolute Gasteiger partial charge is 0.328 e. The molecule has 0 fully saturated rings. The molecule has 0 saturated heterocycles. The van der Waals surface area contributed by atoms with Crippen LogP contribution in [-0.2, 0) is 25.5 Å². The first-order chi connectivity index (χ1) is 12.7. The van der Waals surface area contributed by atoms with Gasteiger partial charge in [0.2, 0.25) is 5.91 Å². The van der Waals surface area contributed by atoms with Gasteiger partial charge in [-0.05, 0) is 32.4 Å². The van der Waals surface area contributed by atoms with Gasteiger partial charge in [-0.25, -0.2) is 4.79 Å². The second-order valence-electron chi connectivity index (χ2n) is 7.04. The first kappa shape index (κ1) is 22.6. The van der Waals surface area contributed by atoms with E-state index in [1.807, 2.05) is 37.3 Å². The summed E-state index contributed by atoms with van der Waals surface area (Å²) in [6.45, 7) is 5.49. The van der Waals surface area contributed by atoms with Crippen molar-refractivity contribution in [3.8, 4) is 0 Å². The molecule has 0 heterocycles. The molecule has 0 aromatic heterocycles. The quantitative estimate of drug-likeness (QED) is 0.400. The van der Waals surface area contributed by atoms with Gasteiger partial charge in [0.15, 0.2) is 0 Å². The monoisotopic (exact) mass is 378 g/mol. The van der Waals surface area contributed by atoms with Crippen molar-refractivity contribution in [2.45, 2.75) is 52.1 Å². The van der Waals surface area contributed by atoms with Gasteiger partial charge in [-0.2, -0.15) is 0 Å². The Hall–Kier alpha value is -2.41. The van der Waals surface area contributed by atoms with Crippen molar-refractivity contribution in [3.63, 3.8) is 0 Å². The van der Waals surface area contributed by atoms with Crippen molar-refractivity contribution < 1.29 is 24.2 Å². The van der Waals surface area contributed by atoms with Gasteiger partial charge in [0.1, 0.15) is 12.1 Å². The minimum Gasteiger partial charge on any atom is -0.481 e. The molecule has 7 heteroatoms. The molecule has 0 aliphatic carbocycles. The molecule has 1 rings (SSSR count).